The quantitative estimate of drug-likeness (QED) is 0.754. The van der Waals surface area contributed by atoms with Crippen molar-refractivity contribution in [3.8, 4) is 0 Å². The molecule has 2 N–H and O–H groups in total. The molecule has 0 spiro atoms. The summed E-state index contributed by atoms with van der Waals surface area (Å²) < 4.78 is 0. The number of anilines is 2. The van der Waals surface area contributed by atoms with E-state index < -0.39 is 0 Å². The van der Waals surface area contributed by atoms with Crippen LogP contribution in [-0.2, 0) is 0 Å². The Kier molecular flexibility index (Phi) is 4.87. The van der Waals surface area contributed by atoms with Gasteiger partial charge >= 0.3 is 0 Å². The molecule has 1 atom stereocenters. The Morgan fingerprint density at radius 3 is 2.87 bits per heavy atom. The van der Waals surface area contributed by atoms with Crippen LogP contribution in [0.5, 0.6) is 0 Å². The van der Waals surface area contributed by atoms with Crippen LogP contribution in [-0.4, -0.2) is 22.6 Å². The first kappa shape index (κ1) is 11.8. The van der Waals surface area contributed by atoms with Gasteiger partial charge in [-0.1, -0.05) is 13.8 Å². The Labute approximate surface area is 91.5 Å². The molecule has 0 aromatic carbocycles. The number of hydrogen-bond donors (Lipinski definition) is 2. The van der Waals surface area contributed by atoms with Gasteiger partial charge < -0.3 is 10.6 Å². The summed E-state index contributed by atoms with van der Waals surface area (Å²) >= 11 is 0. The predicted molar refractivity (Wildman–Crippen MR) is 64.2 cm³/mol. The standard InChI is InChI=1S/C11H20N4/c1-4-7-12-10-6-8-13-11(15-10)14-9(3)5-2/h6,8-9H,4-5,7H2,1-3H3,(H2,12,13,14,15). The Balaban J connectivity index is 2.57. The summed E-state index contributed by atoms with van der Waals surface area (Å²) in [6.07, 6.45) is 3.93. The molecule has 4 heteroatoms. The van der Waals surface area contributed by atoms with E-state index in [1.165, 1.54) is 0 Å². The molecule has 0 saturated heterocycles. The monoisotopic (exact) mass is 208 g/mol. The second-order valence-electron chi connectivity index (χ2n) is 3.65. The topological polar surface area (TPSA) is 49.8 Å². The van der Waals surface area contributed by atoms with E-state index in [4.69, 9.17) is 0 Å². The van der Waals surface area contributed by atoms with E-state index in [0.717, 1.165) is 25.2 Å². The maximum absolute atomic E-state index is 4.36. The van der Waals surface area contributed by atoms with Gasteiger partial charge in [0.25, 0.3) is 0 Å². The molecule has 4 nitrogen and oxygen atoms in total. The lowest BCUT2D eigenvalue weighted by Gasteiger charge is -2.11. The van der Waals surface area contributed by atoms with Crippen molar-refractivity contribution >= 4 is 11.8 Å². The first-order valence-corrected chi connectivity index (χ1v) is 5.59. The van der Waals surface area contributed by atoms with E-state index in [2.05, 4.69) is 41.4 Å². The molecule has 0 saturated carbocycles. The number of nitrogens with one attached hydrogen (secondary N) is 2. The second-order valence-corrected chi connectivity index (χ2v) is 3.65. The highest BCUT2D eigenvalue weighted by atomic mass is 15.1. The lowest BCUT2D eigenvalue weighted by atomic mass is 10.3. The Bertz CT molecular complexity index is 288. The molecule has 0 bridgehead atoms. The lowest BCUT2D eigenvalue weighted by molar-refractivity contribution is 0.752. The molecule has 0 fully saturated rings. The van der Waals surface area contributed by atoms with Gasteiger partial charge in [0.2, 0.25) is 5.95 Å². The van der Waals surface area contributed by atoms with Crippen LogP contribution >= 0.6 is 0 Å². The van der Waals surface area contributed by atoms with Crippen molar-refractivity contribution in [1.29, 1.82) is 0 Å². The van der Waals surface area contributed by atoms with E-state index in [1.807, 2.05) is 6.07 Å². The maximum atomic E-state index is 4.36. The predicted octanol–water partition coefficient (Wildman–Crippen LogP) is 2.51. The zero-order valence-corrected chi connectivity index (χ0v) is 9.75. The third kappa shape index (κ3) is 4.14. The first-order valence-electron chi connectivity index (χ1n) is 5.59. The van der Waals surface area contributed by atoms with Crippen LogP contribution in [0.15, 0.2) is 12.3 Å². The molecule has 0 aliphatic rings. The van der Waals surface area contributed by atoms with Gasteiger partial charge in [-0.3, -0.25) is 0 Å². The van der Waals surface area contributed by atoms with Gasteiger partial charge in [-0.15, -0.1) is 0 Å². The third-order valence-electron chi connectivity index (χ3n) is 2.20. The fraction of sp³-hybridized carbons (Fsp3) is 0.636. The van der Waals surface area contributed by atoms with Crippen molar-refractivity contribution in [2.75, 3.05) is 17.2 Å². The van der Waals surface area contributed by atoms with E-state index in [9.17, 15) is 0 Å². The average molecular weight is 208 g/mol. The Morgan fingerprint density at radius 1 is 1.40 bits per heavy atom. The molecule has 1 rings (SSSR count). The highest BCUT2D eigenvalue weighted by Gasteiger charge is 2.01. The smallest absolute Gasteiger partial charge is 0.224 e. The SMILES string of the molecule is CCCNc1ccnc(NC(C)CC)n1. The minimum absolute atomic E-state index is 0.409. The van der Waals surface area contributed by atoms with E-state index in [1.54, 1.807) is 6.20 Å². The fourth-order valence-electron chi connectivity index (χ4n) is 1.10. The van der Waals surface area contributed by atoms with Gasteiger partial charge in [0.05, 0.1) is 0 Å². The van der Waals surface area contributed by atoms with E-state index >= 15 is 0 Å². The number of hydrogen-bond acceptors (Lipinski definition) is 4. The lowest BCUT2D eigenvalue weighted by Crippen LogP contribution is -2.16. The summed E-state index contributed by atoms with van der Waals surface area (Å²) in [4.78, 5) is 8.54. The minimum Gasteiger partial charge on any atom is -0.370 e. The van der Waals surface area contributed by atoms with Crippen molar-refractivity contribution in [3.05, 3.63) is 12.3 Å². The van der Waals surface area contributed by atoms with Gasteiger partial charge in [0.15, 0.2) is 0 Å². The minimum atomic E-state index is 0.409. The van der Waals surface area contributed by atoms with Gasteiger partial charge in [-0.25, -0.2) is 4.98 Å². The first-order chi connectivity index (χ1) is 7.26. The van der Waals surface area contributed by atoms with E-state index in [-0.39, 0.29) is 0 Å². The number of nitrogens with zero attached hydrogens (tertiary/aromatic N) is 2. The van der Waals surface area contributed by atoms with Crippen LogP contribution in [0.4, 0.5) is 11.8 Å². The van der Waals surface area contributed by atoms with Crippen molar-refractivity contribution in [2.24, 2.45) is 0 Å². The van der Waals surface area contributed by atoms with Gasteiger partial charge in [0, 0.05) is 18.8 Å². The maximum Gasteiger partial charge on any atom is 0.224 e. The zero-order valence-electron chi connectivity index (χ0n) is 9.75. The van der Waals surface area contributed by atoms with Crippen molar-refractivity contribution in [3.63, 3.8) is 0 Å². The van der Waals surface area contributed by atoms with Crippen LogP contribution in [0.1, 0.15) is 33.6 Å². The molecule has 84 valence electrons. The summed E-state index contributed by atoms with van der Waals surface area (Å²) in [5, 5.41) is 6.48. The number of rotatable bonds is 6. The fourth-order valence-corrected chi connectivity index (χ4v) is 1.10. The molecule has 0 amide bonds. The molecular weight excluding hydrogens is 188 g/mol. The summed E-state index contributed by atoms with van der Waals surface area (Å²) in [7, 11) is 0. The zero-order chi connectivity index (χ0) is 11.1. The van der Waals surface area contributed by atoms with Gasteiger partial charge in [-0.05, 0) is 25.8 Å². The molecule has 1 aromatic heterocycles. The van der Waals surface area contributed by atoms with Gasteiger partial charge in [-0.2, -0.15) is 4.98 Å². The summed E-state index contributed by atoms with van der Waals surface area (Å²) in [6.45, 7) is 7.33. The van der Waals surface area contributed by atoms with E-state index in [0.29, 0.717) is 12.0 Å². The molecule has 1 aromatic rings. The van der Waals surface area contributed by atoms with Crippen LogP contribution in [0.2, 0.25) is 0 Å². The molecule has 0 aliphatic heterocycles. The largest absolute Gasteiger partial charge is 0.370 e. The normalized spacial score (nSPS) is 12.2. The molecule has 1 heterocycles. The molecule has 0 aliphatic carbocycles. The molecule has 1 unspecified atom stereocenters. The highest BCUT2D eigenvalue weighted by Crippen LogP contribution is 2.07. The Hall–Kier alpha value is -1.32. The molecular formula is C11H20N4. The molecule has 0 radical (unpaired) electrons. The third-order valence-corrected chi connectivity index (χ3v) is 2.20. The average Bonchev–Trinajstić information content (AvgIpc) is 2.26. The summed E-state index contributed by atoms with van der Waals surface area (Å²) in [5.41, 5.74) is 0. The van der Waals surface area contributed by atoms with Crippen molar-refractivity contribution in [1.82, 2.24) is 9.97 Å². The van der Waals surface area contributed by atoms with Crippen LogP contribution in [0.3, 0.4) is 0 Å². The van der Waals surface area contributed by atoms with Crippen LogP contribution in [0.25, 0.3) is 0 Å². The summed E-state index contributed by atoms with van der Waals surface area (Å²) in [5.74, 6) is 1.59. The highest BCUT2D eigenvalue weighted by molar-refractivity contribution is 5.39. The van der Waals surface area contributed by atoms with Crippen molar-refractivity contribution < 1.29 is 0 Å². The Morgan fingerprint density at radius 2 is 2.20 bits per heavy atom. The second kappa shape index (κ2) is 6.22. The van der Waals surface area contributed by atoms with Gasteiger partial charge in [0.1, 0.15) is 5.82 Å². The van der Waals surface area contributed by atoms with Crippen LogP contribution < -0.4 is 10.6 Å². The van der Waals surface area contributed by atoms with Crippen LogP contribution in [0, 0.1) is 0 Å². The summed E-state index contributed by atoms with van der Waals surface area (Å²) in [6, 6.07) is 2.30. The molecule has 15 heavy (non-hydrogen) atoms. The number of aromatic nitrogens is 2. The van der Waals surface area contributed by atoms with Crippen molar-refractivity contribution in [2.45, 2.75) is 39.7 Å².